The first kappa shape index (κ1) is 9.33. The van der Waals surface area contributed by atoms with Crippen molar-refractivity contribution < 1.29 is 0 Å². The van der Waals surface area contributed by atoms with Crippen molar-refractivity contribution in [2.45, 2.75) is 12.8 Å². The average Bonchev–Trinajstić information content (AvgIpc) is 2.97. The van der Waals surface area contributed by atoms with Gasteiger partial charge in [0.1, 0.15) is 11.8 Å². The van der Waals surface area contributed by atoms with E-state index in [4.69, 9.17) is 0 Å². The Labute approximate surface area is 93.0 Å². The minimum atomic E-state index is 0.684. The lowest BCUT2D eigenvalue weighted by molar-refractivity contribution is 0.602. The van der Waals surface area contributed by atoms with Gasteiger partial charge in [-0.1, -0.05) is 12.2 Å². The van der Waals surface area contributed by atoms with Gasteiger partial charge in [-0.2, -0.15) is 0 Å². The van der Waals surface area contributed by atoms with Gasteiger partial charge in [-0.3, -0.25) is 0 Å². The van der Waals surface area contributed by atoms with E-state index in [-0.39, 0.29) is 0 Å². The van der Waals surface area contributed by atoms with E-state index in [1.165, 1.54) is 0 Å². The van der Waals surface area contributed by atoms with Gasteiger partial charge in [-0.25, -0.2) is 15.0 Å². The zero-order valence-electron chi connectivity index (χ0n) is 8.85. The standard InChI is InChI=1S/C11H13N5/c1-2-4-8(3-1)5-12-10-9-11(14-6-13-9)16-7-15-10/h1-2,6-8H,3-5H2,(H2,12,13,14,15,16). The Hall–Kier alpha value is -1.91. The summed E-state index contributed by atoms with van der Waals surface area (Å²) in [5, 5.41) is 3.34. The van der Waals surface area contributed by atoms with Gasteiger partial charge in [0.15, 0.2) is 11.5 Å². The first-order valence-electron chi connectivity index (χ1n) is 5.46. The summed E-state index contributed by atoms with van der Waals surface area (Å²) in [7, 11) is 0. The minimum Gasteiger partial charge on any atom is -0.368 e. The van der Waals surface area contributed by atoms with E-state index in [0.717, 1.165) is 36.4 Å². The number of rotatable bonds is 3. The highest BCUT2D eigenvalue weighted by molar-refractivity contribution is 5.81. The quantitative estimate of drug-likeness (QED) is 0.765. The molecular weight excluding hydrogens is 202 g/mol. The number of aromatic amines is 1. The number of hydrogen-bond acceptors (Lipinski definition) is 4. The van der Waals surface area contributed by atoms with Crippen molar-refractivity contribution >= 4 is 17.0 Å². The molecule has 5 heteroatoms. The normalized spacial score (nSPS) is 16.0. The van der Waals surface area contributed by atoms with Crippen LogP contribution in [-0.2, 0) is 0 Å². The second kappa shape index (κ2) is 3.92. The third kappa shape index (κ3) is 1.64. The Bertz CT molecular complexity index is 508. The molecule has 0 atom stereocenters. The van der Waals surface area contributed by atoms with E-state index in [1.807, 2.05) is 0 Å². The molecule has 2 aromatic heterocycles. The number of imidazole rings is 1. The van der Waals surface area contributed by atoms with Crippen LogP contribution in [0.15, 0.2) is 24.8 Å². The molecule has 0 fully saturated rings. The molecule has 0 aliphatic heterocycles. The summed E-state index contributed by atoms with van der Waals surface area (Å²) in [6.45, 7) is 0.936. The van der Waals surface area contributed by atoms with Crippen molar-refractivity contribution in [3.8, 4) is 0 Å². The molecule has 82 valence electrons. The molecule has 2 N–H and O–H groups in total. The Morgan fingerprint density at radius 3 is 3.00 bits per heavy atom. The van der Waals surface area contributed by atoms with Gasteiger partial charge in [0.25, 0.3) is 0 Å². The van der Waals surface area contributed by atoms with Crippen LogP contribution in [0.4, 0.5) is 5.82 Å². The van der Waals surface area contributed by atoms with Crippen LogP contribution in [-0.4, -0.2) is 26.5 Å². The van der Waals surface area contributed by atoms with Crippen LogP contribution in [0.3, 0.4) is 0 Å². The maximum absolute atomic E-state index is 4.21. The van der Waals surface area contributed by atoms with Gasteiger partial charge in [-0.05, 0) is 18.8 Å². The van der Waals surface area contributed by atoms with Crippen molar-refractivity contribution in [3.63, 3.8) is 0 Å². The number of aromatic nitrogens is 4. The molecule has 0 spiro atoms. The Morgan fingerprint density at radius 1 is 1.25 bits per heavy atom. The van der Waals surface area contributed by atoms with Gasteiger partial charge in [-0.15, -0.1) is 0 Å². The first-order chi connectivity index (χ1) is 7.93. The second-order valence-corrected chi connectivity index (χ2v) is 4.01. The predicted octanol–water partition coefficient (Wildman–Crippen LogP) is 1.73. The van der Waals surface area contributed by atoms with Crippen LogP contribution in [0.5, 0.6) is 0 Å². The fourth-order valence-electron chi connectivity index (χ4n) is 1.98. The van der Waals surface area contributed by atoms with Crippen LogP contribution in [0.1, 0.15) is 12.8 Å². The predicted molar refractivity (Wildman–Crippen MR) is 62.0 cm³/mol. The molecule has 3 rings (SSSR count). The van der Waals surface area contributed by atoms with Crippen LogP contribution < -0.4 is 5.32 Å². The van der Waals surface area contributed by atoms with E-state index in [0.29, 0.717) is 5.92 Å². The highest BCUT2D eigenvalue weighted by Gasteiger charge is 2.11. The van der Waals surface area contributed by atoms with Crippen molar-refractivity contribution in [3.05, 3.63) is 24.8 Å². The number of fused-ring (bicyclic) bond motifs is 1. The molecule has 0 saturated carbocycles. The second-order valence-electron chi connectivity index (χ2n) is 4.01. The maximum atomic E-state index is 4.21. The molecule has 0 saturated heterocycles. The highest BCUT2D eigenvalue weighted by Crippen LogP contribution is 2.20. The summed E-state index contributed by atoms with van der Waals surface area (Å²) >= 11 is 0. The van der Waals surface area contributed by atoms with Crippen molar-refractivity contribution in [2.24, 2.45) is 5.92 Å². The SMILES string of the molecule is C1=CCC(CNc2ncnc3[nH]cnc23)C1. The number of hydrogen-bond donors (Lipinski definition) is 2. The van der Waals surface area contributed by atoms with Crippen LogP contribution in [0.25, 0.3) is 11.2 Å². The molecule has 5 nitrogen and oxygen atoms in total. The Kier molecular flexibility index (Phi) is 2.29. The van der Waals surface area contributed by atoms with Crippen LogP contribution in [0.2, 0.25) is 0 Å². The molecule has 0 unspecified atom stereocenters. The topological polar surface area (TPSA) is 66.5 Å². The fourth-order valence-corrected chi connectivity index (χ4v) is 1.98. The summed E-state index contributed by atoms with van der Waals surface area (Å²) in [6, 6.07) is 0. The molecule has 2 heterocycles. The number of nitrogens with zero attached hydrogens (tertiary/aromatic N) is 3. The molecule has 1 aliphatic rings. The number of H-pyrrole nitrogens is 1. The smallest absolute Gasteiger partial charge is 0.162 e. The molecule has 1 aliphatic carbocycles. The molecular formula is C11H13N5. The third-order valence-electron chi connectivity index (χ3n) is 2.88. The lowest BCUT2D eigenvalue weighted by Gasteiger charge is -2.10. The van der Waals surface area contributed by atoms with Crippen molar-refractivity contribution in [1.29, 1.82) is 0 Å². The van der Waals surface area contributed by atoms with E-state index in [9.17, 15) is 0 Å². The van der Waals surface area contributed by atoms with Crippen LogP contribution >= 0.6 is 0 Å². The summed E-state index contributed by atoms with van der Waals surface area (Å²) in [5.41, 5.74) is 1.59. The molecule has 16 heavy (non-hydrogen) atoms. The number of nitrogens with one attached hydrogen (secondary N) is 2. The summed E-state index contributed by atoms with van der Waals surface area (Å²) in [5.74, 6) is 1.50. The van der Waals surface area contributed by atoms with E-state index < -0.39 is 0 Å². The zero-order chi connectivity index (χ0) is 10.8. The van der Waals surface area contributed by atoms with Gasteiger partial charge >= 0.3 is 0 Å². The summed E-state index contributed by atoms with van der Waals surface area (Å²) < 4.78 is 0. The minimum absolute atomic E-state index is 0.684. The molecule has 0 amide bonds. The van der Waals surface area contributed by atoms with Crippen molar-refractivity contribution in [1.82, 2.24) is 19.9 Å². The molecule has 2 aromatic rings. The monoisotopic (exact) mass is 215 g/mol. The summed E-state index contributed by atoms with van der Waals surface area (Å²) in [6.07, 6.45) is 9.97. The maximum Gasteiger partial charge on any atom is 0.162 e. The van der Waals surface area contributed by atoms with E-state index in [2.05, 4.69) is 37.4 Å². The van der Waals surface area contributed by atoms with Gasteiger partial charge in [0.2, 0.25) is 0 Å². The molecule has 0 aromatic carbocycles. The first-order valence-corrected chi connectivity index (χ1v) is 5.46. The Balaban J connectivity index is 1.75. The van der Waals surface area contributed by atoms with Crippen LogP contribution in [0, 0.1) is 5.92 Å². The van der Waals surface area contributed by atoms with Gasteiger partial charge in [0.05, 0.1) is 6.33 Å². The molecule has 0 bridgehead atoms. The third-order valence-corrected chi connectivity index (χ3v) is 2.88. The lowest BCUT2D eigenvalue weighted by atomic mass is 10.1. The van der Waals surface area contributed by atoms with Crippen molar-refractivity contribution in [2.75, 3.05) is 11.9 Å². The fraction of sp³-hybridized carbons (Fsp3) is 0.364. The lowest BCUT2D eigenvalue weighted by Crippen LogP contribution is -2.12. The van der Waals surface area contributed by atoms with E-state index in [1.54, 1.807) is 12.7 Å². The Morgan fingerprint density at radius 2 is 2.12 bits per heavy atom. The summed E-state index contributed by atoms with van der Waals surface area (Å²) in [4.78, 5) is 15.5. The largest absolute Gasteiger partial charge is 0.368 e. The van der Waals surface area contributed by atoms with Gasteiger partial charge < -0.3 is 10.3 Å². The van der Waals surface area contributed by atoms with Gasteiger partial charge in [0, 0.05) is 6.54 Å². The number of allylic oxidation sites excluding steroid dienone is 2. The molecule has 0 radical (unpaired) electrons. The number of anilines is 1. The van der Waals surface area contributed by atoms with E-state index >= 15 is 0 Å². The highest BCUT2D eigenvalue weighted by atomic mass is 15.1. The average molecular weight is 215 g/mol. The zero-order valence-corrected chi connectivity index (χ0v) is 8.85.